The Balaban J connectivity index is 1.51. The summed E-state index contributed by atoms with van der Waals surface area (Å²) in [5.74, 6) is 0.732. The molecule has 5 aromatic rings. The average Bonchev–Trinajstić information content (AvgIpc) is 3.15. The summed E-state index contributed by atoms with van der Waals surface area (Å²) in [6, 6.07) is 49.4. The summed E-state index contributed by atoms with van der Waals surface area (Å²) in [5, 5.41) is 20.5. The van der Waals surface area contributed by atoms with E-state index in [1.807, 2.05) is 72.8 Å². The van der Waals surface area contributed by atoms with Crippen LogP contribution >= 0.6 is 31.7 Å². The molecule has 10 heteroatoms. The van der Waals surface area contributed by atoms with Crippen LogP contribution in [0.3, 0.4) is 0 Å². The van der Waals surface area contributed by atoms with Gasteiger partial charge in [0.1, 0.15) is 46.6 Å². The summed E-state index contributed by atoms with van der Waals surface area (Å²) >= 11 is 11.2. The monoisotopic (exact) mass is 675 g/mol. The van der Waals surface area contributed by atoms with E-state index >= 15 is 0 Å². The van der Waals surface area contributed by atoms with E-state index in [0.717, 1.165) is 16.9 Å². The summed E-state index contributed by atoms with van der Waals surface area (Å²) < 4.78 is 5.39. The highest BCUT2D eigenvalue weighted by Crippen LogP contribution is 2.54. The Kier molecular flexibility index (Phi) is 11.8. The first-order chi connectivity index (χ1) is 23.0. The van der Waals surface area contributed by atoms with E-state index in [9.17, 15) is 0 Å². The third-order valence-electron chi connectivity index (χ3n) is 7.47. The molecule has 0 bridgehead atoms. The van der Waals surface area contributed by atoms with Crippen LogP contribution in [-0.4, -0.2) is 42.1 Å². The lowest BCUT2D eigenvalue weighted by Crippen LogP contribution is -2.42. The van der Waals surface area contributed by atoms with Crippen LogP contribution in [0.1, 0.15) is 11.1 Å². The second kappa shape index (κ2) is 16.6. The fourth-order valence-electron chi connectivity index (χ4n) is 5.12. The molecule has 0 radical (unpaired) electrons. The summed E-state index contributed by atoms with van der Waals surface area (Å²) in [5.41, 5.74) is 8.83. The van der Waals surface area contributed by atoms with E-state index in [-0.39, 0.29) is 0 Å². The van der Waals surface area contributed by atoms with E-state index in [4.69, 9.17) is 34.3 Å². The predicted molar refractivity (Wildman–Crippen MR) is 206 cm³/mol. The third-order valence-corrected chi connectivity index (χ3v) is 12.2. The Morgan fingerprint density at radius 1 is 0.574 bits per heavy atom. The number of nitrogens with zero attached hydrogens (tertiary/aromatic N) is 2. The molecule has 47 heavy (non-hydrogen) atoms. The number of methoxy groups -OCH3 is 1. The molecule has 5 aromatic carbocycles. The summed E-state index contributed by atoms with van der Waals surface area (Å²) in [6.07, 6.45) is 0.588. The number of hydrazone groups is 2. The molecular weight excluding hydrogens is 640 g/mol. The van der Waals surface area contributed by atoms with Gasteiger partial charge < -0.3 is 15.4 Å². The van der Waals surface area contributed by atoms with Gasteiger partial charge in [-0.1, -0.05) is 84.9 Å². The number of rotatable bonds is 11. The number of nitrogens with one attached hydrogen (secondary N) is 4. The smallest absolute Gasteiger partial charge is 0.189 e. The van der Waals surface area contributed by atoms with Crippen molar-refractivity contribution in [2.75, 3.05) is 20.4 Å². The first kappa shape index (κ1) is 33.4. The van der Waals surface area contributed by atoms with Gasteiger partial charge in [0, 0.05) is 18.2 Å². The number of hydrogen-bond acceptors (Lipinski definition) is 5. The van der Waals surface area contributed by atoms with Gasteiger partial charge in [-0.15, -0.1) is 0 Å². The van der Waals surface area contributed by atoms with Crippen LogP contribution in [0.2, 0.25) is 0 Å². The Hall–Kier alpha value is -4.95. The number of benzene rings is 5. The zero-order chi connectivity index (χ0) is 32.9. The molecule has 236 valence electrons. The second-order valence-corrected chi connectivity index (χ2v) is 14.6. The zero-order valence-electron chi connectivity index (χ0n) is 26.1. The minimum Gasteiger partial charge on any atom is -0.497 e. The van der Waals surface area contributed by atoms with E-state index in [0.29, 0.717) is 27.9 Å². The van der Waals surface area contributed by atoms with Gasteiger partial charge in [0.05, 0.1) is 7.11 Å². The van der Waals surface area contributed by atoms with Gasteiger partial charge in [0.15, 0.2) is 10.2 Å². The Bertz CT molecular complexity index is 1720. The second-order valence-electron chi connectivity index (χ2n) is 10.3. The maximum absolute atomic E-state index is 5.89. The Morgan fingerprint density at radius 2 is 0.979 bits per heavy atom. The normalized spacial score (nSPS) is 11.7. The van der Waals surface area contributed by atoms with Gasteiger partial charge in [-0.2, -0.15) is 10.2 Å². The van der Waals surface area contributed by atoms with Crippen molar-refractivity contribution in [3.05, 3.63) is 157 Å². The molecule has 0 atom stereocenters. The van der Waals surface area contributed by atoms with Crippen molar-refractivity contribution in [3.8, 4) is 5.75 Å². The van der Waals surface area contributed by atoms with E-state index < -0.39 is 7.26 Å². The van der Waals surface area contributed by atoms with Crippen LogP contribution in [0, 0.1) is 0 Å². The Labute approximate surface area is 287 Å². The van der Waals surface area contributed by atoms with Gasteiger partial charge in [0.25, 0.3) is 0 Å². The molecule has 0 aromatic heterocycles. The van der Waals surface area contributed by atoms with Gasteiger partial charge in [-0.25, -0.2) is 0 Å². The summed E-state index contributed by atoms with van der Waals surface area (Å²) in [6.45, 7) is 0. The fraction of sp³-hybridized carbons (Fsp3) is 0.0811. The maximum Gasteiger partial charge on any atom is 0.189 e. The quantitative estimate of drug-likeness (QED) is 0.0654. The van der Waals surface area contributed by atoms with Crippen molar-refractivity contribution in [1.29, 1.82) is 0 Å². The van der Waals surface area contributed by atoms with Crippen LogP contribution in [0.5, 0.6) is 5.75 Å². The SMILES string of the molecule is CNC(=S)N/N=C(/C(=N/NC(=S)NC[P+](c1ccccc1)(c1ccccc1)c1ccccc1)c1ccccc1)c1ccc(OC)cc1. The molecule has 0 aliphatic rings. The fourth-order valence-corrected chi connectivity index (χ4v) is 9.27. The number of hydrogen-bond donors (Lipinski definition) is 4. The van der Waals surface area contributed by atoms with Gasteiger partial charge in [0.2, 0.25) is 0 Å². The maximum atomic E-state index is 5.89. The molecule has 4 N–H and O–H groups in total. The molecule has 0 aliphatic carbocycles. The largest absolute Gasteiger partial charge is 0.497 e. The van der Waals surface area contributed by atoms with Crippen molar-refractivity contribution in [3.63, 3.8) is 0 Å². The van der Waals surface area contributed by atoms with E-state index in [1.165, 1.54) is 15.9 Å². The van der Waals surface area contributed by atoms with Crippen LogP contribution in [0.4, 0.5) is 0 Å². The number of ether oxygens (including phenoxy) is 1. The minimum atomic E-state index is -2.17. The van der Waals surface area contributed by atoms with E-state index in [1.54, 1.807) is 14.2 Å². The molecular formula is C37H36N6OPS2+. The molecule has 0 fully saturated rings. The minimum absolute atomic E-state index is 0.372. The Morgan fingerprint density at radius 3 is 1.40 bits per heavy atom. The zero-order valence-corrected chi connectivity index (χ0v) is 28.7. The van der Waals surface area contributed by atoms with Gasteiger partial charge in [-0.05, 0) is 85.1 Å². The van der Waals surface area contributed by atoms with Crippen molar-refractivity contribution in [1.82, 2.24) is 21.5 Å². The van der Waals surface area contributed by atoms with E-state index in [2.05, 4.69) is 99.4 Å². The standard InChI is InChI=1S/C37H35N6OPS2/c1-38-36(46)42-40-35(29-23-25-30(44-2)26-24-29)34(28-15-7-3-8-16-28)41-43-37(47)39-27-45(31-17-9-4-10-18-31,32-19-11-5-12-20-32)33-21-13-6-14-22-33/h3-26H,27H2,1-2H3,(H3-,38,39,40,41,42,43,46,47)/p+1. The highest BCUT2D eigenvalue weighted by Gasteiger charge is 2.45. The first-order valence-corrected chi connectivity index (χ1v) is 17.8. The average molecular weight is 676 g/mol. The molecule has 5 rings (SSSR count). The lowest BCUT2D eigenvalue weighted by atomic mass is 10.00. The van der Waals surface area contributed by atoms with Gasteiger partial charge >= 0.3 is 0 Å². The molecule has 0 spiro atoms. The molecule has 0 unspecified atom stereocenters. The molecule has 0 amide bonds. The number of thiocarbonyl (C=S) groups is 2. The highest BCUT2D eigenvalue weighted by molar-refractivity contribution is 7.95. The van der Waals surface area contributed by atoms with Crippen LogP contribution in [0.25, 0.3) is 0 Å². The van der Waals surface area contributed by atoms with Crippen molar-refractivity contribution in [2.24, 2.45) is 10.2 Å². The molecule has 0 saturated carbocycles. The summed E-state index contributed by atoms with van der Waals surface area (Å²) in [4.78, 5) is 0. The topological polar surface area (TPSA) is 82.1 Å². The first-order valence-electron chi connectivity index (χ1n) is 15.0. The van der Waals surface area contributed by atoms with Crippen LogP contribution in [0.15, 0.2) is 156 Å². The molecule has 0 aliphatic heterocycles. The third kappa shape index (κ3) is 8.26. The van der Waals surface area contributed by atoms with Crippen molar-refractivity contribution in [2.45, 2.75) is 0 Å². The van der Waals surface area contributed by atoms with Crippen molar-refractivity contribution >= 4 is 69.3 Å². The van der Waals surface area contributed by atoms with Crippen molar-refractivity contribution < 1.29 is 4.74 Å². The summed E-state index contributed by atoms with van der Waals surface area (Å²) in [7, 11) is 1.20. The highest BCUT2D eigenvalue weighted by atomic mass is 32.1. The van der Waals surface area contributed by atoms with Gasteiger partial charge in [-0.3, -0.25) is 10.9 Å². The lowest BCUT2D eigenvalue weighted by Gasteiger charge is -2.28. The molecule has 0 saturated heterocycles. The predicted octanol–water partition coefficient (Wildman–Crippen LogP) is 5.31. The van der Waals surface area contributed by atoms with Crippen LogP contribution in [-0.2, 0) is 0 Å². The molecule has 7 nitrogen and oxygen atoms in total. The lowest BCUT2D eigenvalue weighted by molar-refractivity contribution is 0.415. The van der Waals surface area contributed by atoms with Crippen LogP contribution < -0.4 is 42.1 Å². The molecule has 0 heterocycles.